The van der Waals surface area contributed by atoms with E-state index in [0.29, 0.717) is 11.3 Å². The number of ether oxygens (including phenoxy) is 1. The number of carbonyl (C=O) groups excluding carboxylic acids is 2. The Morgan fingerprint density at radius 2 is 1.90 bits per heavy atom. The predicted molar refractivity (Wildman–Crippen MR) is 102 cm³/mol. The van der Waals surface area contributed by atoms with Crippen LogP contribution in [0.4, 0.5) is 5.69 Å². The van der Waals surface area contributed by atoms with Crippen LogP contribution >= 0.6 is 0 Å². The van der Waals surface area contributed by atoms with Crippen LogP contribution in [0, 0.1) is 0 Å². The number of aliphatic hydroxyl groups is 5. The maximum atomic E-state index is 11.5. The lowest BCUT2D eigenvalue weighted by Gasteiger charge is -2.46. The minimum Gasteiger partial charge on any atom is -0.394 e. The van der Waals surface area contributed by atoms with Crippen LogP contribution in [0.2, 0.25) is 0 Å². The van der Waals surface area contributed by atoms with Crippen LogP contribution in [0.3, 0.4) is 0 Å². The number of aliphatic hydroxyl groups excluding tert-OH is 4. The number of nitrogens with one attached hydrogen (secondary N) is 2. The summed E-state index contributed by atoms with van der Waals surface area (Å²) in [4.78, 5) is 22.9. The normalized spacial score (nSPS) is 29.0. The molecule has 0 radical (unpaired) electrons. The van der Waals surface area contributed by atoms with Crippen molar-refractivity contribution in [2.24, 2.45) is 0 Å². The van der Waals surface area contributed by atoms with Gasteiger partial charge in [-0.25, -0.2) is 0 Å². The molecule has 0 aliphatic carbocycles. The Morgan fingerprint density at radius 1 is 1.24 bits per heavy atom. The van der Waals surface area contributed by atoms with E-state index in [1.165, 1.54) is 13.8 Å². The Labute approximate surface area is 168 Å². The molecule has 6 atom stereocenters. The molecule has 29 heavy (non-hydrogen) atoms. The Hall–Kier alpha value is -2.08. The molecule has 1 aliphatic heterocycles. The molecule has 10 heteroatoms. The highest BCUT2D eigenvalue weighted by Crippen LogP contribution is 2.34. The van der Waals surface area contributed by atoms with E-state index in [1.807, 2.05) is 0 Å². The van der Waals surface area contributed by atoms with Gasteiger partial charge < -0.3 is 40.9 Å². The molecule has 162 valence electrons. The summed E-state index contributed by atoms with van der Waals surface area (Å²) in [5.74, 6) is -2.78. The molecule has 10 nitrogen and oxygen atoms in total. The Kier molecular flexibility index (Phi) is 7.69. The first kappa shape index (κ1) is 23.2. The van der Waals surface area contributed by atoms with Crippen molar-refractivity contribution in [2.45, 2.75) is 62.9 Å². The van der Waals surface area contributed by atoms with Gasteiger partial charge in [0.2, 0.25) is 11.8 Å². The van der Waals surface area contributed by atoms with E-state index >= 15 is 0 Å². The summed E-state index contributed by atoms with van der Waals surface area (Å²) in [5.41, 5.74) is 0.967. The van der Waals surface area contributed by atoms with Crippen molar-refractivity contribution in [2.75, 3.05) is 11.9 Å². The zero-order valence-electron chi connectivity index (χ0n) is 16.3. The van der Waals surface area contributed by atoms with Crippen molar-refractivity contribution in [1.82, 2.24) is 5.32 Å². The topological polar surface area (TPSA) is 169 Å². The average Bonchev–Trinajstić information content (AvgIpc) is 2.63. The monoisotopic (exact) mass is 412 g/mol. The summed E-state index contributed by atoms with van der Waals surface area (Å²) in [6.07, 6.45) is -6.46. The highest BCUT2D eigenvalue weighted by molar-refractivity contribution is 5.89. The lowest BCUT2D eigenvalue weighted by Crippen LogP contribution is -2.66. The van der Waals surface area contributed by atoms with Gasteiger partial charge >= 0.3 is 0 Å². The van der Waals surface area contributed by atoms with Crippen LogP contribution in [0.1, 0.15) is 25.8 Å². The highest BCUT2D eigenvalue weighted by atomic mass is 16.6. The van der Waals surface area contributed by atoms with E-state index < -0.39 is 48.8 Å². The van der Waals surface area contributed by atoms with E-state index in [0.717, 1.165) is 0 Å². The second-order valence-electron chi connectivity index (χ2n) is 7.28. The maximum absolute atomic E-state index is 11.5. The van der Waals surface area contributed by atoms with Gasteiger partial charge in [0.15, 0.2) is 5.79 Å². The van der Waals surface area contributed by atoms with Gasteiger partial charge in [0.05, 0.1) is 18.8 Å². The molecule has 2 amide bonds. The van der Waals surface area contributed by atoms with Gasteiger partial charge in [-0.05, 0) is 11.6 Å². The average molecular weight is 412 g/mol. The van der Waals surface area contributed by atoms with Crippen LogP contribution in [0.5, 0.6) is 0 Å². The molecule has 1 aromatic rings. The fourth-order valence-electron chi connectivity index (χ4n) is 3.47. The number of rotatable bonds is 7. The summed E-state index contributed by atoms with van der Waals surface area (Å²) >= 11 is 0. The zero-order chi connectivity index (χ0) is 21.8. The standard InChI is InChI=1S/C19H28N2O8/c1-10(23)20-13-6-4-3-5-12(13)7-19(28)8-14(25)16(21-11(2)24)18(29-19)17(27)15(26)9-22/h3-6,14-18,22,25-28H,7-9H2,1-2H3,(H,20,23)(H,21,24)/t14-,15+,16+,17+,18+,19+/m0/s1. The molecule has 0 bridgehead atoms. The Balaban J connectivity index is 2.31. The summed E-state index contributed by atoms with van der Waals surface area (Å²) in [5, 5.41) is 55.9. The molecule has 7 N–H and O–H groups in total. The molecule has 1 aliphatic rings. The third-order valence-electron chi connectivity index (χ3n) is 4.73. The lowest BCUT2D eigenvalue weighted by molar-refractivity contribution is -0.300. The summed E-state index contributed by atoms with van der Waals surface area (Å²) < 4.78 is 5.65. The highest BCUT2D eigenvalue weighted by Gasteiger charge is 2.50. The molecule has 0 unspecified atom stereocenters. The van der Waals surface area contributed by atoms with Crippen LogP contribution in [-0.2, 0) is 20.7 Å². The third kappa shape index (κ3) is 5.95. The first-order valence-electron chi connectivity index (χ1n) is 9.24. The molecule has 1 fully saturated rings. The number of carbonyl (C=O) groups is 2. The van der Waals surface area contributed by atoms with E-state index in [9.17, 15) is 30.0 Å². The van der Waals surface area contributed by atoms with Crippen LogP contribution in [-0.4, -0.2) is 80.2 Å². The van der Waals surface area contributed by atoms with E-state index in [-0.39, 0.29) is 18.7 Å². The second-order valence-corrected chi connectivity index (χ2v) is 7.28. The number of para-hydroxylation sites is 1. The quantitative estimate of drug-likeness (QED) is 0.276. The fraction of sp³-hybridized carbons (Fsp3) is 0.579. The molecular weight excluding hydrogens is 384 g/mol. The van der Waals surface area contributed by atoms with Crippen LogP contribution in [0.25, 0.3) is 0 Å². The van der Waals surface area contributed by atoms with Gasteiger partial charge in [0.25, 0.3) is 0 Å². The Bertz CT molecular complexity index is 730. The predicted octanol–water partition coefficient (Wildman–Crippen LogP) is -1.76. The molecule has 1 saturated heterocycles. The van der Waals surface area contributed by atoms with Gasteiger partial charge in [-0.3, -0.25) is 9.59 Å². The van der Waals surface area contributed by atoms with Crippen molar-refractivity contribution < 1.29 is 39.9 Å². The van der Waals surface area contributed by atoms with E-state index in [4.69, 9.17) is 9.84 Å². The Morgan fingerprint density at radius 3 is 2.48 bits per heavy atom. The first-order valence-corrected chi connectivity index (χ1v) is 9.24. The van der Waals surface area contributed by atoms with Crippen molar-refractivity contribution in [3.05, 3.63) is 29.8 Å². The smallest absolute Gasteiger partial charge is 0.221 e. The third-order valence-corrected chi connectivity index (χ3v) is 4.73. The van der Waals surface area contributed by atoms with E-state index in [1.54, 1.807) is 24.3 Å². The molecule has 0 spiro atoms. The molecule has 1 heterocycles. The molecule has 0 saturated carbocycles. The number of benzene rings is 1. The van der Waals surface area contributed by atoms with Gasteiger partial charge in [-0.1, -0.05) is 18.2 Å². The zero-order valence-corrected chi connectivity index (χ0v) is 16.3. The van der Waals surface area contributed by atoms with Gasteiger partial charge in [-0.15, -0.1) is 0 Å². The summed E-state index contributed by atoms with van der Waals surface area (Å²) in [6.45, 7) is 1.77. The number of hydrogen-bond acceptors (Lipinski definition) is 8. The second kappa shape index (κ2) is 9.61. The maximum Gasteiger partial charge on any atom is 0.221 e. The van der Waals surface area contributed by atoms with Gasteiger partial charge in [0, 0.05) is 32.4 Å². The van der Waals surface area contributed by atoms with Crippen molar-refractivity contribution in [1.29, 1.82) is 0 Å². The minimum absolute atomic E-state index is 0.147. The minimum atomic E-state index is -1.97. The van der Waals surface area contributed by atoms with Gasteiger partial charge in [0.1, 0.15) is 18.3 Å². The molecule has 1 aromatic carbocycles. The van der Waals surface area contributed by atoms with Crippen molar-refractivity contribution in [3.8, 4) is 0 Å². The van der Waals surface area contributed by atoms with Crippen LogP contribution in [0.15, 0.2) is 24.3 Å². The number of amides is 2. The fourth-order valence-corrected chi connectivity index (χ4v) is 3.47. The van der Waals surface area contributed by atoms with Crippen LogP contribution < -0.4 is 10.6 Å². The number of hydrogen-bond donors (Lipinski definition) is 7. The summed E-state index contributed by atoms with van der Waals surface area (Å²) in [6, 6.07) is 5.58. The molecule has 2 rings (SSSR count). The molecular formula is C19H28N2O8. The van der Waals surface area contributed by atoms with Crippen molar-refractivity contribution in [3.63, 3.8) is 0 Å². The SMILES string of the molecule is CC(=O)Nc1ccccc1C[C@]1(O)C[C@H](O)[C@@H](NC(C)=O)[C@H]([C@H](O)[C@H](O)CO)O1. The molecule has 0 aromatic heterocycles. The van der Waals surface area contributed by atoms with E-state index in [2.05, 4.69) is 10.6 Å². The van der Waals surface area contributed by atoms with Gasteiger partial charge in [-0.2, -0.15) is 0 Å². The first-order chi connectivity index (χ1) is 13.6. The van der Waals surface area contributed by atoms with Crippen molar-refractivity contribution >= 4 is 17.5 Å². The lowest BCUT2D eigenvalue weighted by atomic mass is 9.86. The largest absolute Gasteiger partial charge is 0.394 e. The summed E-state index contributed by atoms with van der Waals surface area (Å²) in [7, 11) is 0. The number of anilines is 1.